The normalized spacial score (nSPS) is 9.93. The molecule has 78 valence electrons. The lowest BCUT2D eigenvalue weighted by atomic mass is 10.2. The summed E-state index contributed by atoms with van der Waals surface area (Å²) < 4.78 is 9.87. The van der Waals surface area contributed by atoms with Crippen LogP contribution in [0.15, 0.2) is 0 Å². The van der Waals surface area contributed by atoms with Crippen LogP contribution in [0.1, 0.15) is 25.6 Å². The maximum Gasteiger partial charge on any atom is 0.322 e. The van der Waals surface area contributed by atoms with Gasteiger partial charge >= 0.3 is 12.0 Å². The van der Waals surface area contributed by atoms with E-state index in [9.17, 15) is 0 Å². The Hall–Kier alpha value is -1.39. The minimum Gasteiger partial charge on any atom is -0.467 e. The first-order chi connectivity index (χ1) is 6.80. The molecule has 0 aromatic carbocycles. The molecule has 1 heterocycles. The number of methoxy groups -OCH3 is 2. The van der Waals surface area contributed by atoms with E-state index in [1.54, 1.807) is 0 Å². The molecule has 0 N–H and O–H groups in total. The number of rotatable bonds is 5. The Morgan fingerprint density at radius 1 is 1.00 bits per heavy atom. The van der Waals surface area contributed by atoms with Crippen LogP contribution in [0.2, 0.25) is 0 Å². The summed E-state index contributed by atoms with van der Waals surface area (Å²) in [6, 6.07) is 0.617. The van der Waals surface area contributed by atoms with E-state index in [0.29, 0.717) is 12.0 Å². The van der Waals surface area contributed by atoms with Gasteiger partial charge < -0.3 is 9.47 Å². The largest absolute Gasteiger partial charge is 0.467 e. The van der Waals surface area contributed by atoms with E-state index in [1.807, 2.05) is 0 Å². The third-order valence-corrected chi connectivity index (χ3v) is 1.76. The third kappa shape index (κ3) is 2.83. The molecule has 0 aliphatic heterocycles. The SMILES string of the molecule is CCCCc1nc(OC)nc(OC)n1. The Morgan fingerprint density at radius 3 is 2.00 bits per heavy atom. The van der Waals surface area contributed by atoms with Crippen molar-refractivity contribution in [1.82, 2.24) is 15.0 Å². The number of aryl methyl sites for hydroxylation is 1. The molecule has 0 aliphatic rings. The highest BCUT2D eigenvalue weighted by Crippen LogP contribution is 2.10. The van der Waals surface area contributed by atoms with Gasteiger partial charge in [-0.15, -0.1) is 4.98 Å². The van der Waals surface area contributed by atoms with Crippen LogP contribution < -0.4 is 9.47 Å². The summed E-state index contributed by atoms with van der Waals surface area (Å²) in [5.74, 6) is 0.718. The van der Waals surface area contributed by atoms with E-state index >= 15 is 0 Å². The fourth-order valence-corrected chi connectivity index (χ4v) is 1.01. The van der Waals surface area contributed by atoms with Gasteiger partial charge in [-0.05, 0) is 6.42 Å². The molecule has 0 bridgehead atoms. The van der Waals surface area contributed by atoms with Gasteiger partial charge in [0.2, 0.25) is 0 Å². The highest BCUT2D eigenvalue weighted by atomic mass is 16.5. The first kappa shape index (κ1) is 10.7. The summed E-state index contributed by atoms with van der Waals surface area (Å²) in [5.41, 5.74) is 0. The first-order valence-electron chi connectivity index (χ1n) is 4.63. The zero-order valence-corrected chi connectivity index (χ0v) is 8.78. The van der Waals surface area contributed by atoms with Crippen molar-refractivity contribution in [3.8, 4) is 12.0 Å². The lowest BCUT2D eigenvalue weighted by Crippen LogP contribution is -2.03. The molecule has 1 rings (SSSR count). The van der Waals surface area contributed by atoms with Gasteiger partial charge in [-0.1, -0.05) is 13.3 Å². The molecule has 0 aliphatic carbocycles. The molecule has 5 heteroatoms. The zero-order chi connectivity index (χ0) is 10.4. The third-order valence-electron chi connectivity index (χ3n) is 1.76. The van der Waals surface area contributed by atoms with Crippen LogP contribution in [-0.2, 0) is 6.42 Å². The number of aromatic nitrogens is 3. The van der Waals surface area contributed by atoms with Crippen molar-refractivity contribution in [2.24, 2.45) is 0 Å². The molecule has 0 saturated carbocycles. The van der Waals surface area contributed by atoms with Crippen LogP contribution in [0, 0.1) is 0 Å². The second-order valence-corrected chi connectivity index (χ2v) is 2.83. The van der Waals surface area contributed by atoms with Crippen LogP contribution in [0.3, 0.4) is 0 Å². The molecule has 0 spiro atoms. The van der Waals surface area contributed by atoms with E-state index in [-0.39, 0.29) is 0 Å². The van der Waals surface area contributed by atoms with Crippen LogP contribution in [-0.4, -0.2) is 29.2 Å². The smallest absolute Gasteiger partial charge is 0.322 e. The molecule has 0 saturated heterocycles. The van der Waals surface area contributed by atoms with E-state index in [4.69, 9.17) is 9.47 Å². The summed E-state index contributed by atoms with van der Waals surface area (Å²) in [5, 5.41) is 0. The Kier molecular flexibility index (Phi) is 4.10. The van der Waals surface area contributed by atoms with Crippen molar-refractivity contribution >= 4 is 0 Å². The molecule has 0 atom stereocenters. The van der Waals surface area contributed by atoms with Crippen LogP contribution in [0.25, 0.3) is 0 Å². The van der Waals surface area contributed by atoms with E-state index in [1.165, 1.54) is 14.2 Å². The fourth-order valence-electron chi connectivity index (χ4n) is 1.01. The predicted octanol–water partition coefficient (Wildman–Crippen LogP) is 1.23. The Labute approximate surface area is 83.5 Å². The van der Waals surface area contributed by atoms with Gasteiger partial charge in [-0.3, -0.25) is 0 Å². The topological polar surface area (TPSA) is 57.1 Å². The lowest BCUT2D eigenvalue weighted by molar-refractivity contribution is 0.336. The number of ether oxygens (including phenoxy) is 2. The summed E-state index contributed by atoms with van der Waals surface area (Å²) in [7, 11) is 3.05. The lowest BCUT2D eigenvalue weighted by Gasteiger charge is -2.03. The quantitative estimate of drug-likeness (QED) is 0.710. The zero-order valence-electron chi connectivity index (χ0n) is 8.78. The van der Waals surface area contributed by atoms with Gasteiger partial charge in [0, 0.05) is 6.42 Å². The predicted molar refractivity (Wildman–Crippen MR) is 51.5 cm³/mol. The van der Waals surface area contributed by atoms with Gasteiger partial charge in [0.25, 0.3) is 0 Å². The average molecular weight is 197 g/mol. The van der Waals surface area contributed by atoms with Crippen LogP contribution >= 0.6 is 0 Å². The van der Waals surface area contributed by atoms with Crippen molar-refractivity contribution < 1.29 is 9.47 Å². The minimum absolute atomic E-state index is 0.308. The molecule has 1 aromatic heterocycles. The van der Waals surface area contributed by atoms with Crippen molar-refractivity contribution in [1.29, 1.82) is 0 Å². The standard InChI is InChI=1S/C9H15N3O2/c1-4-5-6-7-10-8(13-2)12-9(11-7)14-3/h4-6H2,1-3H3. The van der Waals surface area contributed by atoms with Crippen LogP contribution in [0.4, 0.5) is 0 Å². The summed E-state index contributed by atoms with van der Waals surface area (Å²) in [6.07, 6.45) is 2.98. The minimum atomic E-state index is 0.308. The van der Waals surface area contributed by atoms with Gasteiger partial charge in [0.1, 0.15) is 5.82 Å². The molecule has 0 unspecified atom stereocenters. The van der Waals surface area contributed by atoms with E-state index < -0.39 is 0 Å². The molecule has 0 radical (unpaired) electrons. The van der Waals surface area contributed by atoms with Crippen molar-refractivity contribution in [3.63, 3.8) is 0 Å². The molecule has 0 amide bonds. The number of hydrogen-bond acceptors (Lipinski definition) is 5. The van der Waals surface area contributed by atoms with E-state index in [0.717, 1.165) is 25.1 Å². The number of unbranched alkanes of at least 4 members (excludes halogenated alkanes) is 1. The Balaban J connectivity index is 2.81. The molecule has 5 nitrogen and oxygen atoms in total. The fraction of sp³-hybridized carbons (Fsp3) is 0.667. The van der Waals surface area contributed by atoms with Gasteiger partial charge in [-0.25, -0.2) is 0 Å². The summed E-state index contributed by atoms with van der Waals surface area (Å²) in [6.45, 7) is 2.12. The summed E-state index contributed by atoms with van der Waals surface area (Å²) in [4.78, 5) is 12.1. The maximum atomic E-state index is 4.94. The maximum absolute atomic E-state index is 4.94. The highest BCUT2D eigenvalue weighted by molar-refractivity contribution is 5.05. The average Bonchev–Trinajstić information content (AvgIpc) is 2.25. The van der Waals surface area contributed by atoms with Gasteiger partial charge in [0.15, 0.2) is 0 Å². The first-order valence-corrected chi connectivity index (χ1v) is 4.63. The Morgan fingerprint density at radius 2 is 1.57 bits per heavy atom. The second-order valence-electron chi connectivity index (χ2n) is 2.83. The van der Waals surface area contributed by atoms with Gasteiger partial charge in [0.05, 0.1) is 14.2 Å². The second kappa shape index (κ2) is 5.36. The van der Waals surface area contributed by atoms with Crippen LogP contribution in [0.5, 0.6) is 12.0 Å². The number of nitrogens with zero attached hydrogens (tertiary/aromatic N) is 3. The van der Waals surface area contributed by atoms with Crippen molar-refractivity contribution in [2.45, 2.75) is 26.2 Å². The molecule has 14 heavy (non-hydrogen) atoms. The highest BCUT2D eigenvalue weighted by Gasteiger charge is 2.05. The monoisotopic (exact) mass is 197 g/mol. The number of hydrogen-bond donors (Lipinski definition) is 0. The van der Waals surface area contributed by atoms with Crippen molar-refractivity contribution in [3.05, 3.63) is 5.82 Å². The summed E-state index contributed by atoms with van der Waals surface area (Å²) >= 11 is 0. The molecule has 0 fully saturated rings. The van der Waals surface area contributed by atoms with Crippen molar-refractivity contribution in [2.75, 3.05) is 14.2 Å². The molecule has 1 aromatic rings. The Bertz CT molecular complexity index is 269. The molecular weight excluding hydrogens is 182 g/mol. The van der Waals surface area contributed by atoms with E-state index in [2.05, 4.69) is 21.9 Å². The van der Waals surface area contributed by atoms with Gasteiger partial charge in [-0.2, -0.15) is 9.97 Å². The molecular formula is C9H15N3O2.